The first-order chi connectivity index (χ1) is 7.06. The number of likely N-dealkylation sites (N-methyl/N-ethyl adjacent to an activating group) is 2. The maximum Gasteiger partial charge on any atom is 0.239 e. The van der Waals surface area contributed by atoms with E-state index in [2.05, 4.69) is 24.2 Å². The smallest absolute Gasteiger partial charge is 0.239 e. The number of amides is 1. The van der Waals surface area contributed by atoms with E-state index in [0.29, 0.717) is 6.04 Å². The summed E-state index contributed by atoms with van der Waals surface area (Å²) in [5.41, 5.74) is 0. The standard InChI is InChI=1S/C11H23N3O/c1-9-8-13(4)6-5-7-14(9)11(15)10(2)12-3/h9-10,12H,5-8H2,1-4H3. The van der Waals surface area contributed by atoms with Crippen molar-refractivity contribution in [2.75, 3.05) is 33.7 Å². The molecule has 0 saturated carbocycles. The zero-order valence-electron chi connectivity index (χ0n) is 10.3. The minimum absolute atomic E-state index is 0.0733. The number of hydrogen-bond donors (Lipinski definition) is 1. The van der Waals surface area contributed by atoms with Crippen LogP contribution < -0.4 is 5.32 Å². The summed E-state index contributed by atoms with van der Waals surface area (Å²) in [7, 11) is 3.95. The Kier molecular flexibility index (Phi) is 4.54. The lowest BCUT2D eigenvalue weighted by Crippen LogP contribution is -2.49. The molecule has 1 N–H and O–H groups in total. The molecule has 0 radical (unpaired) electrons. The molecule has 1 rings (SSSR count). The lowest BCUT2D eigenvalue weighted by Gasteiger charge is -2.30. The van der Waals surface area contributed by atoms with Gasteiger partial charge in [0.05, 0.1) is 6.04 Å². The van der Waals surface area contributed by atoms with E-state index in [1.54, 1.807) is 0 Å². The summed E-state index contributed by atoms with van der Waals surface area (Å²) in [4.78, 5) is 16.3. The van der Waals surface area contributed by atoms with Gasteiger partial charge in [-0.3, -0.25) is 4.79 Å². The van der Waals surface area contributed by atoms with Crippen molar-refractivity contribution in [3.05, 3.63) is 0 Å². The second-order valence-corrected chi connectivity index (χ2v) is 4.51. The summed E-state index contributed by atoms with van der Waals surface area (Å²) < 4.78 is 0. The molecule has 0 aromatic rings. The predicted octanol–water partition coefficient (Wildman–Crippen LogP) is 0.147. The van der Waals surface area contributed by atoms with Crippen LogP contribution in [0, 0.1) is 0 Å². The van der Waals surface area contributed by atoms with Gasteiger partial charge in [0, 0.05) is 19.1 Å². The van der Waals surface area contributed by atoms with Gasteiger partial charge < -0.3 is 15.1 Å². The number of nitrogens with zero attached hydrogens (tertiary/aromatic N) is 2. The average molecular weight is 213 g/mol. The van der Waals surface area contributed by atoms with Crippen LogP contribution in [0.3, 0.4) is 0 Å². The maximum absolute atomic E-state index is 12.0. The van der Waals surface area contributed by atoms with Gasteiger partial charge in [0.2, 0.25) is 5.91 Å². The van der Waals surface area contributed by atoms with Crippen molar-refractivity contribution in [3.8, 4) is 0 Å². The van der Waals surface area contributed by atoms with Crippen LogP contribution in [0.5, 0.6) is 0 Å². The van der Waals surface area contributed by atoms with Gasteiger partial charge in [0.1, 0.15) is 0 Å². The van der Waals surface area contributed by atoms with E-state index in [0.717, 1.165) is 26.1 Å². The number of carbonyl (C=O) groups is 1. The predicted molar refractivity (Wildman–Crippen MR) is 61.8 cm³/mol. The lowest BCUT2D eigenvalue weighted by molar-refractivity contribution is -0.134. The third kappa shape index (κ3) is 3.18. The molecule has 2 unspecified atom stereocenters. The van der Waals surface area contributed by atoms with E-state index in [1.165, 1.54) is 0 Å². The molecule has 4 nitrogen and oxygen atoms in total. The Hall–Kier alpha value is -0.610. The van der Waals surface area contributed by atoms with Crippen molar-refractivity contribution in [3.63, 3.8) is 0 Å². The molecule has 1 saturated heterocycles. The second-order valence-electron chi connectivity index (χ2n) is 4.51. The van der Waals surface area contributed by atoms with Gasteiger partial charge in [-0.1, -0.05) is 0 Å². The molecule has 4 heteroatoms. The highest BCUT2D eigenvalue weighted by molar-refractivity contribution is 5.81. The third-order valence-corrected chi connectivity index (χ3v) is 3.13. The van der Waals surface area contributed by atoms with Gasteiger partial charge in [0.15, 0.2) is 0 Å². The van der Waals surface area contributed by atoms with Crippen LogP contribution in [-0.2, 0) is 4.79 Å². The average Bonchev–Trinajstić information content (AvgIpc) is 2.37. The molecule has 15 heavy (non-hydrogen) atoms. The molecule has 0 aromatic carbocycles. The van der Waals surface area contributed by atoms with Gasteiger partial charge in [-0.25, -0.2) is 0 Å². The largest absolute Gasteiger partial charge is 0.337 e. The SMILES string of the molecule is CNC(C)C(=O)N1CCCN(C)CC1C. The van der Waals surface area contributed by atoms with E-state index in [-0.39, 0.29) is 11.9 Å². The van der Waals surface area contributed by atoms with Gasteiger partial charge in [-0.15, -0.1) is 0 Å². The van der Waals surface area contributed by atoms with Gasteiger partial charge in [-0.2, -0.15) is 0 Å². The topological polar surface area (TPSA) is 35.6 Å². The van der Waals surface area contributed by atoms with Gasteiger partial charge >= 0.3 is 0 Å². The highest BCUT2D eigenvalue weighted by atomic mass is 16.2. The molecule has 0 bridgehead atoms. The zero-order chi connectivity index (χ0) is 11.4. The Morgan fingerprint density at radius 3 is 2.73 bits per heavy atom. The summed E-state index contributed by atoms with van der Waals surface area (Å²) in [6, 6.07) is 0.247. The van der Waals surface area contributed by atoms with Crippen LogP contribution in [-0.4, -0.2) is 61.5 Å². The quantitative estimate of drug-likeness (QED) is 0.709. The highest BCUT2D eigenvalue weighted by Crippen LogP contribution is 2.09. The van der Waals surface area contributed by atoms with Crippen LogP contribution in [0.15, 0.2) is 0 Å². The lowest BCUT2D eigenvalue weighted by atomic mass is 10.2. The first-order valence-electron chi connectivity index (χ1n) is 5.72. The zero-order valence-corrected chi connectivity index (χ0v) is 10.3. The molecular weight excluding hydrogens is 190 g/mol. The van der Waals surface area contributed by atoms with Crippen LogP contribution in [0.4, 0.5) is 0 Å². The Labute approximate surface area is 92.6 Å². The van der Waals surface area contributed by atoms with Crippen LogP contribution in [0.2, 0.25) is 0 Å². The molecule has 2 atom stereocenters. The van der Waals surface area contributed by atoms with Crippen molar-refractivity contribution in [1.82, 2.24) is 15.1 Å². The number of nitrogens with one attached hydrogen (secondary N) is 1. The van der Waals surface area contributed by atoms with Gasteiger partial charge in [-0.05, 0) is 40.9 Å². The van der Waals surface area contributed by atoms with E-state index in [4.69, 9.17) is 0 Å². The Morgan fingerprint density at radius 2 is 2.13 bits per heavy atom. The minimum Gasteiger partial charge on any atom is -0.337 e. The molecule has 1 aliphatic heterocycles. The van der Waals surface area contributed by atoms with E-state index in [9.17, 15) is 4.79 Å². The molecule has 1 aliphatic rings. The summed E-state index contributed by atoms with van der Waals surface area (Å²) in [6.45, 7) is 6.99. The molecule has 0 aromatic heterocycles. The molecule has 0 spiro atoms. The number of hydrogen-bond acceptors (Lipinski definition) is 3. The van der Waals surface area contributed by atoms with E-state index >= 15 is 0 Å². The maximum atomic E-state index is 12.0. The fourth-order valence-corrected chi connectivity index (χ4v) is 2.07. The van der Waals surface area contributed by atoms with Crippen molar-refractivity contribution >= 4 is 5.91 Å². The monoisotopic (exact) mass is 213 g/mol. The fourth-order valence-electron chi connectivity index (χ4n) is 2.07. The van der Waals surface area contributed by atoms with Crippen LogP contribution in [0.1, 0.15) is 20.3 Å². The molecule has 1 heterocycles. The Balaban J connectivity index is 2.63. The summed E-state index contributed by atoms with van der Waals surface area (Å²) in [6.07, 6.45) is 1.07. The number of rotatable bonds is 2. The van der Waals surface area contributed by atoms with Gasteiger partial charge in [0.25, 0.3) is 0 Å². The first kappa shape index (κ1) is 12.5. The van der Waals surface area contributed by atoms with Crippen LogP contribution in [0.25, 0.3) is 0 Å². The summed E-state index contributed by atoms with van der Waals surface area (Å²) in [5, 5.41) is 3.01. The fraction of sp³-hybridized carbons (Fsp3) is 0.909. The van der Waals surface area contributed by atoms with Crippen molar-refractivity contribution in [2.24, 2.45) is 0 Å². The highest BCUT2D eigenvalue weighted by Gasteiger charge is 2.26. The number of carbonyl (C=O) groups excluding carboxylic acids is 1. The van der Waals surface area contributed by atoms with E-state index < -0.39 is 0 Å². The normalized spacial score (nSPS) is 26.1. The third-order valence-electron chi connectivity index (χ3n) is 3.13. The molecule has 1 fully saturated rings. The molecule has 0 aliphatic carbocycles. The van der Waals surface area contributed by atoms with Crippen molar-refractivity contribution in [1.29, 1.82) is 0 Å². The Bertz CT molecular complexity index is 220. The molecular formula is C11H23N3O. The van der Waals surface area contributed by atoms with Crippen molar-refractivity contribution < 1.29 is 4.79 Å². The summed E-state index contributed by atoms with van der Waals surface area (Å²) in [5.74, 6) is 0.223. The molecule has 88 valence electrons. The first-order valence-corrected chi connectivity index (χ1v) is 5.72. The summed E-state index contributed by atoms with van der Waals surface area (Å²) >= 11 is 0. The minimum atomic E-state index is -0.0733. The Morgan fingerprint density at radius 1 is 1.47 bits per heavy atom. The van der Waals surface area contributed by atoms with Crippen LogP contribution >= 0.6 is 0 Å². The van der Waals surface area contributed by atoms with E-state index in [1.807, 2.05) is 18.9 Å². The van der Waals surface area contributed by atoms with Crippen molar-refractivity contribution in [2.45, 2.75) is 32.4 Å². The second kappa shape index (κ2) is 5.47. The molecule has 1 amide bonds.